The van der Waals surface area contributed by atoms with Gasteiger partial charge in [-0.15, -0.1) is 4.40 Å². The van der Waals surface area contributed by atoms with Gasteiger partial charge in [-0.2, -0.15) is 8.42 Å². The van der Waals surface area contributed by atoms with E-state index >= 15 is 0 Å². The summed E-state index contributed by atoms with van der Waals surface area (Å²) in [6, 6.07) is 16.2. The van der Waals surface area contributed by atoms with Gasteiger partial charge in [0.25, 0.3) is 5.91 Å². The maximum Gasteiger partial charge on any atom is 0.345 e. The number of hydrogen-bond acceptors (Lipinski definition) is 3. The Balaban J connectivity index is 1.51. The lowest BCUT2D eigenvalue weighted by atomic mass is 9.93. The second-order valence-corrected chi connectivity index (χ2v) is 10.8. The number of halogens is 1. The predicted molar refractivity (Wildman–Crippen MR) is 125 cm³/mol. The zero-order valence-corrected chi connectivity index (χ0v) is 19.1. The van der Waals surface area contributed by atoms with Crippen LogP contribution < -0.4 is 5.32 Å². The molecule has 0 radical (unpaired) electrons. The topological polar surface area (TPSA) is 78.8 Å². The molecule has 32 heavy (non-hydrogen) atoms. The van der Waals surface area contributed by atoms with E-state index in [4.69, 9.17) is 11.6 Å². The van der Waals surface area contributed by atoms with E-state index in [-0.39, 0.29) is 17.8 Å². The van der Waals surface area contributed by atoms with Crippen LogP contribution in [0.1, 0.15) is 43.2 Å². The lowest BCUT2D eigenvalue weighted by Crippen LogP contribution is -2.48. The number of fused-ring (bicyclic) bond motifs is 2. The number of carbonyl (C=O) groups is 1. The van der Waals surface area contributed by atoms with Gasteiger partial charge in [-0.3, -0.25) is 4.79 Å². The maximum absolute atomic E-state index is 13.2. The van der Waals surface area contributed by atoms with Gasteiger partial charge in [0.2, 0.25) is 0 Å². The molecular weight excluding hydrogens is 446 g/mol. The summed E-state index contributed by atoms with van der Waals surface area (Å²) in [5.41, 5.74) is 1.57. The Morgan fingerprint density at radius 2 is 1.78 bits per heavy atom. The first-order valence-electron chi connectivity index (χ1n) is 10.8. The van der Waals surface area contributed by atoms with Crippen LogP contribution in [0.5, 0.6) is 0 Å². The fourth-order valence-electron chi connectivity index (χ4n) is 5.07. The number of carbonyl (C=O) groups excluding carboxylic acids is 1. The molecule has 1 aliphatic heterocycles. The molecule has 2 saturated carbocycles. The van der Waals surface area contributed by atoms with Crippen LogP contribution in [0.4, 0.5) is 0 Å². The van der Waals surface area contributed by atoms with Crippen molar-refractivity contribution in [3.8, 4) is 0 Å². The van der Waals surface area contributed by atoms with Crippen LogP contribution in [0.2, 0.25) is 5.02 Å². The van der Waals surface area contributed by atoms with Gasteiger partial charge in [-0.25, -0.2) is 4.31 Å². The molecule has 166 valence electrons. The molecule has 8 heteroatoms. The summed E-state index contributed by atoms with van der Waals surface area (Å²) < 4.78 is 31.6. The van der Waals surface area contributed by atoms with Gasteiger partial charge in [0.1, 0.15) is 5.71 Å². The highest BCUT2D eigenvalue weighted by Crippen LogP contribution is 2.47. The minimum atomic E-state index is -4.11. The first kappa shape index (κ1) is 21.2. The molecule has 0 unspecified atom stereocenters. The second kappa shape index (κ2) is 8.05. The molecule has 0 saturated heterocycles. The largest absolute Gasteiger partial charge is 0.345 e. The fraction of sp³-hybridized carbons (Fsp3) is 0.333. The molecule has 5 rings (SSSR count). The molecule has 1 amide bonds. The molecule has 6 nitrogen and oxygen atoms in total. The summed E-state index contributed by atoms with van der Waals surface area (Å²) in [5, 5.41) is 3.67. The number of benzene rings is 2. The van der Waals surface area contributed by atoms with Gasteiger partial charge in [-0.05, 0) is 67.4 Å². The third-order valence-electron chi connectivity index (χ3n) is 6.70. The zero-order chi connectivity index (χ0) is 22.3. The Morgan fingerprint density at radius 1 is 1.09 bits per heavy atom. The van der Waals surface area contributed by atoms with Crippen molar-refractivity contribution in [3.63, 3.8) is 0 Å². The van der Waals surface area contributed by atoms with Gasteiger partial charge < -0.3 is 5.32 Å². The van der Waals surface area contributed by atoms with E-state index in [0.29, 0.717) is 22.2 Å². The Labute approximate surface area is 193 Å². The fourth-order valence-corrected chi connectivity index (χ4v) is 6.40. The SMILES string of the molecule is O=C(NC12CCC(CC1)C2)C1=NS(=O)(=O)N(Cc2ccccc2)C(c2ccc(Cl)cc2)=C1. The number of nitrogens with one attached hydrogen (secondary N) is 1. The number of amides is 1. The summed E-state index contributed by atoms with van der Waals surface area (Å²) >= 11 is 6.04. The first-order chi connectivity index (χ1) is 15.3. The molecule has 2 aromatic rings. The molecule has 2 aromatic carbocycles. The Hall–Kier alpha value is -2.64. The molecule has 1 N–H and O–H groups in total. The highest BCUT2D eigenvalue weighted by atomic mass is 35.5. The van der Waals surface area contributed by atoms with Crippen LogP contribution in [-0.2, 0) is 21.5 Å². The van der Waals surface area contributed by atoms with E-state index < -0.39 is 16.1 Å². The number of nitrogens with zero attached hydrogens (tertiary/aromatic N) is 2. The minimum absolute atomic E-state index is 0.0796. The third-order valence-corrected chi connectivity index (χ3v) is 8.26. The van der Waals surface area contributed by atoms with E-state index in [2.05, 4.69) is 9.71 Å². The van der Waals surface area contributed by atoms with Crippen LogP contribution in [0.25, 0.3) is 5.70 Å². The van der Waals surface area contributed by atoms with Crippen molar-refractivity contribution in [1.29, 1.82) is 0 Å². The molecule has 0 atom stereocenters. The summed E-state index contributed by atoms with van der Waals surface area (Å²) in [6.07, 6.45) is 6.64. The summed E-state index contributed by atoms with van der Waals surface area (Å²) in [6.45, 7) is 0.113. The van der Waals surface area contributed by atoms with Crippen LogP contribution in [-0.4, -0.2) is 29.9 Å². The first-order valence-corrected chi connectivity index (χ1v) is 12.6. The van der Waals surface area contributed by atoms with Crippen LogP contribution in [0, 0.1) is 5.92 Å². The zero-order valence-electron chi connectivity index (χ0n) is 17.5. The Morgan fingerprint density at radius 3 is 2.41 bits per heavy atom. The van der Waals surface area contributed by atoms with Crippen LogP contribution in [0.3, 0.4) is 0 Å². The Bertz CT molecular complexity index is 1200. The van der Waals surface area contributed by atoms with E-state index in [9.17, 15) is 13.2 Å². The normalized spacial score (nSPS) is 25.9. The van der Waals surface area contributed by atoms with Gasteiger partial charge in [0.05, 0.1) is 12.2 Å². The quantitative estimate of drug-likeness (QED) is 0.707. The smallest absolute Gasteiger partial charge is 0.345 e. The van der Waals surface area contributed by atoms with E-state index in [1.54, 1.807) is 30.3 Å². The monoisotopic (exact) mass is 469 g/mol. The molecular formula is C24H24ClN3O3S. The molecule has 1 heterocycles. The van der Waals surface area contributed by atoms with Gasteiger partial charge in [-0.1, -0.05) is 54.1 Å². The summed E-state index contributed by atoms with van der Waals surface area (Å²) in [7, 11) is -4.11. The molecule has 0 aromatic heterocycles. The van der Waals surface area contributed by atoms with Crippen molar-refractivity contribution in [2.45, 2.75) is 44.2 Å². The summed E-state index contributed by atoms with van der Waals surface area (Å²) in [5.74, 6) is 0.232. The Kier molecular flexibility index (Phi) is 5.34. The van der Waals surface area contributed by atoms with Crippen molar-refractivity contribution in [2.24, 2.45) is 10.3 Å². The third kappa shape index (κ3) is 4.07. The highest BCUT2D eigenvalue weighted by molar-refractivity contribution is 7.88. The lowest BCUT2D eigenvalue weighted by molar-refractivity contribution is -0.116. The van der Waals surface area contributed by atoms with Gasteiger partial charge in [0.15, 0.2) is 0 Å². The average Bonchev–Trinajstić information content (AvgIpc) is 3.37. The van der Waals surface area contributed by atoms with Crippen molar-refractivity contribution in [3.05, 3.63) is 76.8 Å². The molecule has 0 spiro atoms. The van der Waals surface area contributed by atoms with Crippen molar-refractivity contribution in [2.75, 3.05) is 0 Å². The standard InChI is InChI=1S/C24H24ClN3O3S/c25-20-8-6-19(7-9-20)22-14-21(23(29)26-24-12-10-17(15-24)11-13-24)27-32(30,31)28(22)16-18-4-2-1-3-5-18/h1-9,14,17H,10-13,15-16H2,(H,26,29). The second-order valence-electron chi connectivity index (χ2n) is 8.86. The molecule has 2 aliphatic carbocycles. The minimum Gasteiger partial charge on any atom is -0.345 e. The van der Waals surface area contributed by atoms with Crippen molar-refractivity contribution >= 4 is 39.1 Å². The highest BCUT2D eigenvalue weighted by Gasteiger charge is 2.46. The van der Waals surface area contributed by atoms with Gasteiger partial charge >= 0.3 is 10.2 Å². The van der Waals surface area contributed by atoms with Gasteiger partial charge in [0, 0.05) is 10.6 Å². The van der Waals surface area contributed by atoms with Crippen LogP contribution >= 0.6 is 11.6 Å². The average molecular weight is 470 g/mol. The number of hydrogen-bond donors (Lipinski definition) is 1. The summed E-state index contributed by atoms with van der Waals surface area (Å²) in [4.78, 5) is 13.1. The van der Waals surface area contributed by atoms with Crippen LogP contribution in [0.15, 0.2) is 65.1 Å². The predicted octanol–water partition coefficient (Wildman–Crippen LogP) is 4.33. The van der Waals surface area contributed by atoms with E-state index in [1.807, 2.05) is 30.3 Å². The van der Waals surface area contributed by atoms with Crippen molar-refractivity contribution < 1.29 is 13.2 Å². The lowest BCUT2D eigenvalue weighted by Gasteiger charge is -2.31. The van der Waals surface area contributed by atoms with Crippen molar-refractivity contribution in [1.82, 2.24) is 9.62 Å². The maximum atomic E-state index is 13.2. The molecule has 3 aliphatic rings. The number of rotatable bonds is 5. The van der Waals surface area contributed by atoms with E-state index in [0.717, 1.165) is 37.7 Å². The van der Waals surface area contributed by atoms with E-state index in [1.165, 1.54) is 4.31 Å². The molecule has 2 bridgehead atoms. The molecule has 2 fully saturated rings.